The van der Waals surface area contributed by atoms with Crippen LogP contribution < -0.4 is 19.7 Å². The lowest BCUT2D eigenvalue weighted by atomic mass is 10.1. The third-order valence-electron chi connectivity index (χ3n) is 6.12. The van der Waals surface area contributed by atoms with E-state index < -0.39 is 6.04 Å². The fraction of sp³-hybridized carbons (Fsp3) is 0.333. The van der Waals surface area contributed by atoms with Gasteiger partial charge in [0.05, 0.1) is 5.52 Å². The molecule has 9 nitrogen and oxygen atoms in total. The van der Waals surface area contributed by atoms with Crippen LogP contribution >= 0.6 is 11.3 Å². The van der Waals surface area contributed by atoms with Crippen LogP contribution in [-0.4, -0.2) is 46.6 Å². The Morgan fingerprint density at radius 3 is 2.68 bits per heavy atom. The van der Waals surface area contributed by atoms with Crippen molar-refractivity contribution >= 4 is 39.9 Å². The normalized spacial score (nSPS) is 13.5. The van der Waals surface area contributed by atoms with Crippen LogP contribution in [0.1, 0.15) is 31.2 Å². The van der Waals surface area contributed by atoms with Crippen molar-refractivity contribution in [2.75, 3.05) is 24.7 Å². The van der Waals surface area contributed by atoms with E-state index in [2.05, 4.69) is 29.5 Å². The molecule has 0 fully saturated rings. The Morgan fingerprint density at radius 1 is 1.08 bits per heavy atom. The summed E-state index contributed by atoms with van der Waals surface area (Å²) >= 11 is 1.43. The van der Waals surface area contributed by atoms with Gasteiger partial charge in [-0.05, 0) is 48.1 Å². The first-order chi connectivity index (χ1) is 18.0. The lowest BCUT2D eigenvalue weighted by molar-refractivity contribution is -0.126. The molecule has 0 spiro atoms. The highest BCUT2D eigenvalue weighted by Crippen LogP contribution is 2.38. The lowest BCUT2D eigenvalue weighted by Crippen LogP contribution is -2.45. The van der Waals surface area contributed by atoms with Crippen LogP contribution in [0.3, 0.4) is 0 Å². The number of carbonyl (C=O) groups excluding carboxylic acids is 2. The van der Waals surface area contributed by atoms with Gasteiger partial charge in [-0.1, -0.05) is 37.3 Å². The summed E-state index contributed by atoms with van der Waals surface area (Å²) in [6.45, 7) is 5.53. The lowest BCUT2D eigenvalue weighted by Gasteiger charge is -2.31. The van der Waals surface area contributed by atoms with Crippen molar-refractivity contribution in [2.45, 2.75) is 32.9 Å². The molecular weight excluding hydrogens is 490 g/mol. The van der Waals surface area contributed by atoms with Crippen molar-refractivity contribution in [1.29, 1.82) is 0 Å². The van der Waals surface area contributed by atoms with E-state index in [4.69, 9.17) is 9.47 Å². The Balaban J connectivity index is 1.54. The molecule has 0 unspecified atom stereocenters. The summed E-state index contributed by atoms with van der Waals surface area (Å²) < 4.78 is 13.0. The summed E-state index contributed by atoms with van der Waals surface area (Å²) in [4.78, 5) is 30.0. The number of anilines is 1. The second-order valence-corrected chi connectivity index (χ2v) is 10.2. The van der Waals surface area contributed by atoms with Crippen LogP contribution in [0.5, 0.6) is 11.5 Å². The Kier molecular flexibility index (Phi) is 7.36. The SMILES string of the molecule is CC(C)CCNC(=O)[C@H](c1cccs1)N(C(=O)Cn1nnc2ccccc21)c1ccc2c(c1)OCCO2. The molecule has 0 aliphatic carbocycles. The molecule has 2 amide bonds. The second kappa shape index (κ2) is 11.0. The van der Waals surface area contributed by atoms with Crippen molar-refractivity contribution in [3.8, 4) is 11.5 Å². The number of benzene rings is 2. The van der Waals surface area contributed by atoms with E-state index in [9.17, 15) is 9.59 Å². The molecule has 1 atom stereocenters. The van der Waals surface area contributed by atoms with E-state index in [1.165, 1.54) is 16.2 Å². The zero-order valence-electron chi connectivity index (χ0n) is 20.8. The molecule has 0 bridgehead atoms. The molecule has 2 aromatic carbocycles. The fourth-order valence-electron chi connectivity index (χ4n) is 4.26. The van der Waals surface area contributed by atoms with Gasteiger partial charge in [0.1, 0.15) is 31.3 Å². The molecule has 0 saturated heterocycles. The highest BCUT2D eigenvalue weighted by Gasteiger charge is 2.34. The molecule has 1 N–H and O–H groups in total. The minimum atomic E-state index is -0.864. The largest absolute Gasteiger partial charge is 0.486 e. The average Bonchev–Trinajstić information content (AvgIpc) is 3.57. The first-order valence-electron chi connectivity index (χ1n) is 12.3. The van der Waals surface area contributed by atoms with E-state index in [0.29, 0.717) is 48.4 Å². The van der Waals surface area contributed by atoms with E-state index in [1.54, 1.807) is 22.9 Å². The fourth-order valence-corrected chi connectivity index (χ4v) is 5.07. The number of amides is 2. The second-order valence-electron chi connectivity index (χ2n) is 9.22. The van der Waals surface area contributed by atoms with Gasteiger partial charge >= 0.3 is 0 Å². The highest BCUT2D eigenvalue weighted by molar-refractivity contribution is 7.10. The minimum Gasteiger partial charge on any atom is -0.486 e. The molecule has 3 heterocycles. The first-order valence-corrected chi connectivity index (χ1v) is 13.2. The molecule has 0 radical (unpaired) electrons. The number of carbonyl (C=O) groups is 2. The van der Waals surface area contributed by atoms with Crippen LogP contribution in [-0.2, 0) is 16.1 Å². The summed E-state index contributed by atoms with van der Waals surface area (Å²) in [7, 11) is 0. The molecule has 4 aromatic rings. The van der Waals surface area contributed by atoms with Crippen LogP contribution in [0.15, 0.2) is 60.0 Å². The number of hydrogen-bond donors (Lipinski definition) is 1. The van der Waals surface area contributed by atoms with Crippen molar-refractivity contribution in [3.63, 3.8) is 0 Å². The number of para-hydroxylation sites is 1. The summed E-state index contributed by atoms with van der Waals surface area (Å²) in [5.41, 5.74) is 1.98. The predicted molar refractivity (Wildman–Crippen MR) is 142 cm³/mol. The number of fused-ring (bicyclic) bond motifs is 2. The number of nitrogens with one attached hydrogen (secondary N) is 1. The van der Waals surface area contributed by atoms with Gasteiger partial charge in [0.15, 0.2) is 11.5 Å². The number of hydrogen-bond acceptors (Lipinski definition) is 7. The smallest absolute Gasteiger partial charge is 0.249 e. The van der Waals surface area contributed by atoms with E-state index in [1.807, 2.05) is 41.8 Å². The Morgan fingerprint density at radius 2 is 1.89 bits per heavy atom. The van der Waals surface area contributed by atoms with Gasteiger partial charge in [-0.3, -0.25) is 14.5 Å². The van der Waals surface area contributed by atoms with Crippen LogP contribution in [0, 0.1) is 5.92 Å². The maximum Gasteiger partial charge on any atom is 0.249 e. The zero-order chi connectivity index (χ0) is 25.8. The minimum absolute atomic E-state index is 0.0872. The summed E-state index contributed by atoms with van der Waals surface area (Å²) in [6.07, 6.45) is 0.839. The van der Waals surface area contributed by atoms with Gasteiger partial charge in [0, 0.05) is 23.2 Å². The molecule has 1 aliphatic heterocycles. The van der Waals surface area contributed by atoms with E-state index in [0.717, 1.165) is 16.8 Å². The van der Waals surface area contributed by atoms with Gasteiger partial charge in [0.25, 0.3) is 0 Å². The Hall–Kier alpha value is -3.92. The summed E-state index contributed by atoms with van der Waals surface area (Å²) in [5, 5.41) is 13.3. The Bertz CT molecular complexity index is 1380. The van der Waals surface area contributed by atoms with Crippen molar-refractivity contribution in [1.82, 2.24) is 20.3 Å². The quantitative estimate of drug-likeness (QED) is 0.356. The monoisotopic (exact) mass is 519 g/mol. The van der Waals surface area contributed by atoms with Crippen molar-refractivity contribution < 1.29 is 19.1 Å². The van der Waals surface area contributed by atoms with Crippen molar-refractivity contribution in [3.05, 3.63) is 64.9 Å². The van der Waals surface area contributed by atoms with Gasteiger partial charge in [-0.15, -0.1) is 16.4 Å². The standard InChI is InChI=1S/C27H29N5O4S/c1-18(2)11-12-28-27(34)26(24-8-5-15-37-24)32(19-9-10-22-23(16-19)36-14-13-35-22)25(33)17-31-21-7-4-3-6-20(21)29-30-31/h3-10,15-16,18,26H,11-14,17H2,1-2H3,(H,28,34)/t26-/m0/s1. The van der Waals surface area contributed by atoms with Gasteiger partial charge in [-0.25, -0.2) is 4.68 Å². The third-order valence-corrected chi connectivity index (χ3v) is 7.04. The number of aromatic nitrogens is 3. The van der Waals surface area contributed by atoms with Crippen LogP contribution in [0.25, 0.3) is 11.0 Å². The topological polar surface area (TPSA) is 98.6 Å². The average molecular weight is 520 g/mol. The number of ether oxygens (including phenoxy) is 2. The van der Waals surface area contributed by atoms with Gasteiger partial charge in [0.2, 0.25) is 11.8 Å². The molecule has 37 heavy (non-hydrogen) atoms. The van der Waals surface area contributed by atoms with E-state index in [-0.39, 0.29) is 18.4 Å². The molecular formula is C27H29N5O4S. The van der Waals surface area contributed by atoms with Crippen LogP contribution in [0.4, 0.5) is 5.69 Å². The summed E-state index contributed by atoms with van der Waals surface area (Å²) in [6, 6.07) is 15.7. The molecule has 192 valence electrons. The molecule has 1 aliphatic rings. The van der Waals surface area contributed by atoms with Gasteiger partial charge in [-0.2, -0.15) is 0 Å². The molecule has 5 rings (SSSR count). The third kappa shape index (κ3) is 5.43. The molecule has 2 aromatic heterocycles. The molecule has 0 saturated carbocycles. The zero-order valence-corrected chi connectivity index (χ0v) is 21.6. The number of nitrogens with zero attached hydrogens (tertiary/aromatic N) is 4. The summed E-state index contributed by atoms with van der Waals surface area (Å²) in [5.74, 6) is 1.05. The predicted octanol–water partition coefficient (Wildman–Crippen LogP) is 4.20. The highest BCUT2D eigenvalue weighted by atomic mass is 32.1. The van der Waals surface area contributed by atoms with Crippen LogP contribution in [0.2, 0.25) is 0 Å². The number of thiophene rings is 1. The molecule has 10 heteroatoms. The Labute approximate surface area is 219 Å². The number of rotatable bonds is 9. The van der Waals surface area contributed by atoms with Crippen molar-refractivity contribution in [2.24, 2.45) is 5.92 Å². The maximum absolute atomic E-state index is 14.0. The maximum atomic E-state index is 14.0. The van der Waals surface area contributed by atoms with Gasteiger partial charge < -0.3 is 14.8 Å². The van der Waals surface area contributed by atoms with E-state index >= 15 is 0 Å². The first kappa shape index (κ1) is 24.8.